The van der Waals surface area contributed by atoms with E-state index in [-0.39, 0.29) is 29.4 Å². The summed E-state index contributed by atoms with van der Waals surface area (Å²) in [6.45, 7) is 7.97. The van der Waals surface area contributed by atoms with Gasteiger partial charge in [-0.1, -0.05) is 20.8 Å². The second-order valence-electron chi connectivity index (χ2n) is 12.2. The molecule has 12 heteroatoms. The van der Waals surface area contributed by atoms with Gasteiger partial charge in [-0.2, -0.15) is 0 Å². The number of benzene rings is 2. The van der Waals surface area contributed by atoms with E-state index in [1.807, 2.05) is 4.57 Å². The van der Waals surface area contributed by atoms with Gasteiger partial charge in [-0.15, -0.1) is 13.2 Å². The first-order valence-corrected chi connectivity index (χ1v) is 13.6. The summed E-state index contributed by atoms with van der Waals surface area (Å²) in [6, 6.07) is 7.80. The van der Waals surface area contributed by atoms with Crippen LogP contribution in [0.15, 0.2) is 36.4 Å². The summed E-state index contributed by atoms with van der Waals surface area (Å²) in [5.74, 6) is -1.11. The van der Waals surface area contributed by atoms with Gasteiger partial charge in [0.25, 0.3) is 5.91 Å². The molecular formula is C30H36F4N4O4. The normalized spacial score (nSPS) is 20.1. The van der Waals surface area contributed by atoms with Crippen LogP contribution < -0.4 is 10.1 Å². The lowest BCUT2D eigenvalue weighted by Gasteiger charge is -2.40. The maximum Gasteiger partial charge on any atom is 0.573 e. The molecule has 0 bridgehead atoms. The summed E-state index contributed by atoms with van der Waals surface area (Å²) in [5.41, 5.74) is -0.298. The van der Waals surface area contributed by atoms with Crippen molar-refractivity contribution in [2.24, 2.45) is 11.3 Å². The van der Waals surface area contributed by atoms with Crippen molar-refractivity contribution >= 4 is 34.9 Å². The first-order valence-electron chi connectivity index (χ1n) is 13.6. The van der Waals surface area contributed by atoms with Gasteiger partial charge in [-0.05, 0) is 67.9 Å². The van der Waals surface area contributed by atoms with Gasteiger partial charge in [-0.3, -0.25) is 4.79 Å². The molecular weight excluding hydrogens is 556 g/mol. The molecule has 2 aromatic carbocycles. The summed E-state index contributed by atoms with van der Waals surface area (Å²) in [7, 11) is 2.81. The third-order valence-corrected chi connectivity index (χ3v) is 7.84. The Kier molecular flexibility index (Phi) is 8.59. The van der Waals surface area contributed by atoms with E-state index in [2.05, 4.69) is 30.8 Å². The number of amides is 1. The molecule has 228 valence electrons. The highest BCUT2D eigenvalue weighted by atomic mass is 19.4. The molecule has 1 N–H and O–H groups in total. The zero-order chi connectivity index (χ0) is 31.0. The number of aromatic nitrogens is 2. The number of carbonyl (C=O) groups excluding carboxylic acids is 2. The van der Waals surface area contributed by atoms with Gasteiger partial charge in [0.1, 0.15) is 23.4 Å². The summed E-state index contributed by atoms with van der Waals surface area (Å²) in [6.07, 6.45) is -1.61. The van der Waals surface area contributed by atoms with Crippen molar-refractivity contribution in [3.63, 3.8) is 0 Å². The Morgan fingerprint density at radius 1 is 1.21 bits per heavy atom. The number of carbonyl (C=O) groups is 2. The number of nitrogens with zero attached hydrogens (tertiary/aromatic N) is 3. The minimum absolute atomic E-state index is 0.00454. The molecule has 0 saturated heterocycles. The van der Waals surface area contributed by atoms with Crippen LogP contribution in [0.2, 0.25) is 0 Å². The number of ether oxygens (including phenoxy) is 2. The Bertz CT molecular complexity index is 1450. The molecule has 1 saturated carbocycles. The molecule has 4 rings (SSSR count). The maximum absolute atomic E-state index is 15.7. The zero-order valence-corrected chi connectivity index (χ0v) is 24.5. The topological polar surface area (TPSA) is 85.7 Å². The Hall–Kier alpha value is -3.67. The monoisotopic (exact) mass is 592 g/mol. The van der Waals surface area contributed by atoms with Crippen molar-refractivity contribution in [1.82, 2.24) is 14.5 Å². The lowest BCUT2D eigenvalue weighted by molar-refractivity contribution is -0.274. The molecule has 42 heavy (non-hydrogen) atoms. The number of alkyl halides is 3. The predicted octanol–water partition coefficient (Wildman–Crippen LogP) is 6.88. The Morgan fingerprint density at radius 2 is 1.88 bits per heavy atom. The third kappa shape index (κ3) is 6.69. The van der Waals surface area contributed by atoms with E-state index in [1.54, 1.807) is 0 Å². The molecule has 3 aromatic rings. The lowest BCUT2D eigenvalue weighted by Crippen LogP contribution is -2.52. The molecule has 0 spiro atoms. The summed E-state index contributed by atoms with van der Waals surface area (Å²) >= 11 is 0. The highest BCUT2D eigenvalue weighted by Crippen LogP contribution is 2.46. The molecule has 1 fully saturated rings. The molecule has 3 atom stereocenters. The quantitative estimate of drug-likeness (QED) is 0.215. The number of nitrogens with one attached hydrogen (secondary N) is 1. The molecule has 1 aliphatic carbocycles. The molecule has 1 aliphatic rings. The van der Waals surface area contributed by atoms with E-state index in [9.17, 15) is 22.8 Å². The Balaban J connectivity index is 1.79. The van der Waals surface area contributed by atoms with Crippen LogP contribution in [0.5, 0.6) is 5.75 Å². The Labute approximate surface area is 242 Å². The average Bonchev–Trinajstić information content (AvgIpc) is 3.23. The third-order valence-electron chi connectivity index (χ3n) is 7.84. The standard InChI is InChI=1S/C30H36F4N4O4/c1-18-11-20(15-28(2,3)14-18)38-25-13-23(31)22(26(40)37(5)29(4,16-39)17-41-6)12-24(25)36-27(38)35-19-7-9-21(10-8-19)42-30(32,33)34/h7-10,12-13,16,18,20H,11,14-15,17H2,1-6H3,(H,35,36)/t18-,20+,29+/m1/s1. The van der Waals surface area contributed by atoms with Crippen LogP contribution in [0.3, 0.4) is 0 Å². The van der Waals surface area contributed by atoms with Crippen LogP contribution in [-0.2, 0) is 9.53 Å². The minimum atomic E-state index is -4.81. The summed E-state index contributed by atoms with van der Waals surface area (Å²) < 4.78 is 64.5. The van der Waals surface area contributed by atoms with Crippen LogP contribution in [0, 0.1) is 17.2 Å². The van der Waals surface area contributed by atoms with Crippen molar-refractivity contribution in [2.75, 3.05) is 26.1 Å². The highest BCUT2D eigenvalue weighted by Gasteiger charge is 2.37. The van der Waals surface area contributed by atoms with Gasteiger partial charge in [0.15, 0.2) is 0 Å². The largest absolute Gasteiger partial charge is 0.573 e. The fraction of sp³-hybridized carbons (Fsp3) is 0.500. The van der Waals surface area contributed by atoms with Crippen molar-refractivity contribution < 1.29 is 36.6 Å². The number of halogens is 4. The number of hydrogen-bond donors (Lipinski definition) is 1. The van der Waals surface area contributed by atoms with E-state index < -0.39 is 23.6 Å². The minimum Gasteiger partial charge on any atom is -0.406 e. The van der Waals surface area contributed by atoms with Crippen LogP contribution in [0.25, 0.3) is 11.0 Å². The Morgan fingerprint density at radius 3 is 2.45 bits per heavy atom. The van der Waals surface area contributed by atoms with Crippen molar-refractivity contribution in [1.29, 1.82) is 0 Å². The first-order chi connectivity index (χ1) is 19.6. The van der Waals surface area contributed by atoms with Crippen molar-refractivity contribution in [3.05, 3.63) is 47.8 Å². The second kappa shape index (κ2) is 11.5. The number of methoxy groups -OCH3 is 1. The molecule has 0 radical (unpaired) electrons. The number of rotatable bonds is 9. The number of hydrogen-bond acceptors (Lipinski definition) is 6. The van der Waals surface area contributed by atoms with E-state index in [1.165, 1.54) is 57.5 Å². The van der Waals surface area contributed by atoms with E-state index in [4.69, 9.17) is 9.72 Å². The maximum atomic E-state index is 15.7. The molecule has 1 aromatic heterocycles. The number of fused-ring (bicyclic) bond motifs is 1. The molecule has 0 aliphatic heterocycles. The molecule has 8 nitrogen and oxygen atoms in total. The predicted molar refractivity (Wildman–Crippen MR) is 150 cm³/mol. The van der Waals surface area contributed by atoms with Gasteiger partial charge in [0.2, 0.25) is 5.95 Å². The van der Waals surface area contributed by atoms with Gasteiger partial charge >= 0.3 is 6.36 Å². The summed E-state index contributed by atoms with van der Waals surface area (Å²) in [5, 5.41) is 3.17. The number of likely N-dealkylation sites (N-methyl/N-ethyl adjacent to an activating group) is 1. The fourth-order valence-corrected chi connectivity index (χ4v) is 6.01. The van der Waals surface area contributed by atoms with Gasteiger partial charge < -0.3 is 29.1 Å². The van der Waals surface area contributed by atoms with Crippen LogP contribution in [0.1, 0.15) is 63.4 Å². The number of imidazole rings is 1. The number of anilines is 2. The van der Waals surface area contributed by atoms with E-state index in [0.29, 0.717) is 34.9 Å². The zero-order valence-electron chi connectivity index (χ0n) is 24.5. The molecule has 1 heterocycles. The van der Waals surface area contributed by atoms with Crippen molar-refractivity contribution in [3.8, 4) is 5.75 Å². The average molecular weight is 593 g/mol. The number of aldehydes is 1. The van der Waals surface area contributed by atoms with Crippen LogP contribution in [-0.4, -0.2) is 59.3 Å². The van der Waals surface area contributed by atoms with Crippen LogP contribution >= 0.6 is 0 Å². The van der Waals surface area contributed by atoms with Gasteiger partial charge in [-0.25, -0.2) is 9.37 Å². The van der Waals surface area contributed by atoms with Gasteiger partial charge in [0.05, 0.1) is 23.2 Å². The smallest absolute Gasteiger partial charge is 0.406 e. The molecule has 1 amide bonds. The highest BCUT2D eigenvalue weighted by molar-refractivity contribution is 5.99. The van der Waals surface area contributed by atoms with Gasteiger partial charge in [0, 0.05) is 32.0 Å². The summed E-state index contributed by atoms with van der Waals surface area (Å²) in [4.78, 5) is 31.0. The van der Waals surface area contributed by atoms with Crippen LogP contribution in [0.4, 0.5) is 29.2 Å². The second-order valence-corrected chi connectivity index (χ2v) is 12.2. The molecule has 0 unspecified atom stereocenters. The lowest BCUT2D eigenvalue weighted by atomic mass is 9.70. The van der Waals surface area contributed by atoms with E-state index >= 15 is 4.39 Å². The SMILES string of the molecule is COC[C@](C)(C=O)N(C)C(=O)c1cc2nc(Nc3ccc(OC(F)(F)F)cc3)n([C@H]3C[C@@H](C)CC(C)(C)C3)c2cc1F. The first kappa shape index (κ1) is 31.3. The van der Waals surface area contributed by atoms with E-state index in [0.717, 1.165) is 24.2 Å². The fourth-order valence-electron chi connectivity index (χ4n) is 6.01. The van der Waals surface area contributed by atoms with Crippen molar-refractivity contribution in [2.45, 2.75) is 64.9 Å².